The predicted octanol–water partition coefficient (Wildman–Crippen LogP) is 4.59. The molecule has 0 fully saturated rings. The number of hydrogen-bond donors (Lipinski definition) is 1. The minimum absolute atomic E-state index is 0.110. The van der Waals surface area contributed by atoms with Crippen LogP contribution in [-0.4, -0.2) is 12.0 Å². The van der Waals surface area contributed by atoms with Gasteiger partial charge in [0.1, 0.15) is 5.75 Å². The van der Waals surface area contributed by atoms with Crippen molar-refractivity contribution in [1.82, 2.24) is 0 Å². The molecule has 1 aliphatic rings. The molecule has 0 aromatic heterocycles. The Labute approximate surface area is 144 Å². The molecule has 2 aromatic carbocycles. The Bertz CT molecular complexity index is 731. The Morgan fingerprint density at radius 1 is 1.04 bits per heavy atom. The summed E-state index contributed by atoms with van der Waals surface area (Å²) in [5.74, 6) is 0.747. The first-order valence-electron chi connectivity index (χ1n) is 8.71. The van der Waals surface area contributed by atoms with Crippen molar-refractivity contribution in [2.24, 2.45) is 0 Å². The molecule has 0 spiro atoms. The average molecular weight is 323 g/mol. The van der Waals surface area contributed by atoms with Gasteiger partial charge in [0.2, 0.25) is 0 Å². The molecule has 0 unspecified atom stereocenters. The van der Waals surface area contributed by atoms with Gasteiger partial charge >= 0.3 is 0 Å². The van der Waals surface area contributed by atoms with Gasteiger partial charge < -0.3 is 10.1 Å². The second kappa shape index (κ2) is 7.08. The summed E-state index contributed by atoms with van der Waals surface area (Å²) >= 11 is 0. The van der Waals surface area contributed by atoms with Crippen LogP contribution in [0.3, 0.4) is 0 Å². The fourth-order valence-electron chi connectivity index (χ4n) is 3.34. The normalized spacial score (nSPS) is 14.6. The molecule has 24 heavy (non-hydrogen) atoms. The summed E-state index contributed by atoms with van der Waals surface area (Å²) in [5.41, 5.74) is 5.64. The number of hydrogen-bond acceptors (Lipinski definition) is 2. The van der Waals surface area contributed by atoms with E-state index >= 15 is 0 Å². The molecule has 126 valence electrons. The zero-order valence-electron chi connectivity index (χ0n) is 14.7. The van der Waals surface area contributed by atoms with Gasteiger partial charge in [-0.2, -0.15) is 0 Å². The van der Waals surface area contributed by atoms with Crippen molar-refractivity contribution in [2.75, 3.05) is 5.32 Å². The predicted molar refractivity (Wildman–Crippen MR) is 97.7 cm³/mol. The van der Waals surface area contributed by atoms with Crippen LogP contribution in [0.5, 0.6) is 5.75 Å². The van der Waals surface area contributed by atoms with Crippen LogP contribution in [0, 0.1) is 13.8 Å². The third-order valence-corrected chi connectivity index (χ3v) is 4.76. The largest absolute Gasteiger partial charge is 0.481 e. The third-order valence-electron chi connectivity index (χ3n) is 4.76. The molecule has 1 atom stereocenters. The summed E-state index contributed by atoms with van der Waals surface area (Å²) < 4.78 is 6.01. The molecule has 1 amide bonds. The van der Waals surface area contributed by atoms with Crippen LogP contribution >= 0.6 is 0 Å². The van der Waals surface area contributed by atoms with Gasteiger partial charge in [-0.25, -0.2) is 0 Å². The van der Waals surface area contributed by atoms with Crippen LogP contribution in [0.25, 0.3) is 0 Å². The first-order chi connectivity index (χ1) is 11.6. The number of carbonyl (C=O) groups is 1. The fourth-order valence-corrected chi connectivity index (χ4v) is 3.34. The molecular weight excluding hydrogens is 298 g/mol. The van der Waals surface area contributed by atoms with E-state index in [0.717, 1.165) is 35.4 Å². The smallest absolute Gasteiger partial charge is 0.265 e. The van der Waals surface area contributed by atoms with E-state index in [1.165, 1.54) is 24.0 Å². The van der Waals surface area contributed by atoms with Gasteiger partial charge in [-0.1, -0.05) is 30.3 Å². The standard InChI is InChI=1S/C21H25NO2/c1-14-8-6-9-15(2)20(14)22-21(23)16(3)24-19-13-7-11-17-10-4-5-12-18(17)19/h6-9,11,13,16H,4-5,10,12H2,1-3H3,(H,22,23)/t16-/m1/s1. The highest BCUT2D eigenvalue weighted by Gasteiger charge is 2.20. The molecule has 0 aliphatic heterocycles. The van der Waals surface area contributed by atoms with Crippen molar-refractivity contribution >= 4 is 11.6 Å². The van der Waals surface area contributed by atoms with E-state index in [0.29, 0.717) is 0 Å². The summed E-state index contributed by atoms with van der Waals surface area (Å²) in [7, 11) is 0. The Morgan fingerprint density at radius 2 is 1.71 bits per heavy atom. The van der Waals surface area contributed by atoms with Gasteiger partial charge in [0.15, 0.2) is 6.10 Å². The van der Waals surface area contributed by atoms with Crippen molar-refractivity contribution in [1.29, 1.82) is 0 Å². The summed E-state index contributed by atoms with van der Waals surface area (Å²) in [5, 5.41) is 3.01. The quantitative estimate of drug-likeness (QED) is 0.894. The highest BCUT2D eigenvalue weighted by molar-refractivity contribution is 5.95. The van der Waals surface area contributed by atoms with E-state index < -0.39 is 6.10 Å². The molecule has 0 bridgehead atoms. The van der Waals surface area contributed by atoms with E-state index in [-0.39, 0.29) is 5.91 Å². The molecule has 0 saturated carbocycles. The van der Waals surface area contributed by atoms with Gasteiger partial charge in [-0.15, -0.1) is 0 Å². The van der Waals surface area contributed by atoms with Crippen molar-refractivity contribution < 1.29 is 9.53 Å². The molecule has 0 heterocycles. The van der Waals surface area contributed by atoms with Gasteiger partial charge in [0, 0.05) is 5.69 Å². The van der Waals surface area contributed by atoms with Crippen LogP contribution in [0.15, 0.2) is 36.4 Å². The number of rotatable bonds is 4. The SMILES string of the molecule is Cc1cccc(C)c1NC(=O)[C@@H](C)Oc1cccc2c1CCCC2. The third kappa shape index (κ3) is 3.45. The number of anilines is 1. The fraction of sp³-hybridized carbons (Fsp3) is 0.381. The lowest BCUT2D eigenvalue weighted by molar-refractivity contribution is -0.122. The second-order valence-electron chi connectivity index (χ2n) is 6.62. The van der Waals surface area contributed by atoms with Crippen LogP contribution in [0.1, 0.15) is 42.0 Å². The maximum atomic E-state index is 12.6. The van der Waals surface area contributed by atoms with E-state index in [2.05, 4.69) is 11.4 Å². The second-order valence-corrected chi connectivity index (χ2v) is 6.62. The molecule has 0 saturated heterocycles. The van der Waals surface area contributed by atoms with E-state index in [1.807, 2.05) is 51.1 Å². The maximum Gasteiger partial charge on any atom is 0.265 e. The van der Waals surface area contributed by atoms with Crippen LogP contribution in [-0.2, 0) is 17.6 Å². The lowest BCUT2D eigenvalue weighted by Crippen LogP contribution is -2.31. The van der Waals surface area contributed by atoms with Crippen LogP contribution < -0.4 is 10.1 Å². The minimum Gasteiger partial charge on any atom is -0.481 e. The van der Waals surface area contributed by atoms with Gasteiger partial charge in [0.25, 0.3) is 5.91 Å². The number of para-hydroxylation sites is 1. The average Bonchev–Trinajstić information content (AvgIpc) is 2.58. The van der Waals surface area contributed by atoms with Gasteiger partial charge in [-0.3, -0.25) is 4.79 Å². The maximum absolute atomic E-state index is 12.6. The number of amides is 1. The number of benzene rings is 2. The highest BCUT2D eigenvalue weighted by atomic mass is 16.5. The number of ether oxygens (including phenoxy) is 1. The number of nitrogens with one attached hydrogen (secondary N) is 1. The first-order valence-corrected chi connectivity index (χ1v) is 8.71. The minimum atomic E-state index is -0.530. The van der Waals surface area contributed by atoms with Crippen molar-refractivity contribution in [2.45, 2.75) is 52.6 Å². The number of carbonyl (C=O) groups excluding carboxylic acids is 1. The van der Waals surface area contributed by atoms with Crippen molar-refractivity contribution in [3.8, 4) is 5.75 Å². The molecule has 1 N–H and O–H groups in total. The Morgan fingerprint density at radius 3 is 2.46 bits per heavy atom. The lowest BCUT2D eigenvalue weighted by Gasteiger charge is -2.22. The molecule has 3 rings (SSSR count). The molecule has 2 aromatic rings. The summed E-state index contributed by atoms with van der Waals surface area (Å²) in [6.45, 7) is 5.81. The number of aryl methyl sites for hydroxylation is 3. The van der Waals surface area contributed by atoms with Gasteiger partial charge in [-0.05, 0) is 74.8 Å². The zero-order valence-corrected chi connectivity index (χ0v) is 14.7. The van der Waals surface area contributed by atoms with Gasteiger partial charge in [0.05, 0.1) is 0 Å². The Kier molecular flexibility index (Phi) is 4.89. The Hall–Kier alpha value is -2.29. The molecule has 1 aliphatic carbocycles. The monoisotopic (exact) mass is 323 g/mol. The van der Waals surface area contributed by atoms with Crippen molar-refractivity contribution in [3.63, 3.8) is 0 Å². The van der Waals surface area contributed by atoms with Crippen LogP contribution in [0.4, 0.5) is 5.69 Å². The van der Waals surface area contributed by atoms with E-state index in [9.17, 15) is 4.79 Å². The summed E-state index contributed by atoms with van der Waals surface area (Å²) in [4.78, 5) is 12.6. The lowest BCUT2D eigenvalue weighted by atomic mass is 9.91. The zero-order chi connectivity index (χ0) is 17.1. The van der Waals surface area contributed by atoms with Crippen molar-refractivity contribution in [3.05, 3.63) is 58.7 Å². The summed E-state index contributed by atoms with van der Waals surface area (Å²) in [6, 6.07) is 12.2. The van der Waals surface area contributed by atoms with E-state index in [4.69, 9.17) is 4.74 Å². The molecule has 3 heteroatoms. The van der Waals surface area contributed by atoms with E-state index in [1.54, 1.807) is 0 Å². The topological polar surface area (TPSA) is 38.3 Å². The summed E-state index contributed by atoms with van der Waals surface area (Å²) in [6.07, 6.45) is 4.04. The highest BCUT2D eigenvalue weighted by Crippen LogP contribution is 2.30. The molecule has 3 nitrogen and oxygen atoms in total. The Balaban J connectivity index is 1.73. The first kappa shape index (κ1) is 16.6. The van der Waals surface area contributed by atoms with Crippen LogP contribution in [0.2, 0.25) is 0 Å². The molecule has 0 radical (unpaired) electrons. The number of fused-ring (bicyclic) bond motifs is 1. The molecular formula is C21H25NO2.